The zero-order valence-electron chi connectivity index (χ0n) is 14.6. The van der Waals surface area contributed by atoms with Crippen LogP contribution in [0, 0.1) is 6.92 Å². The molecule has 6 nitrogen and oxygen atoms in total. The molecule has 1 fully saturated rings. The number of aromatic nitrogens is 2. The van der Waals surface area contributed by atoms with Gasteiger partial charge in [-0.25, -0.2) is 9.78 Å². The Balaban J connectivity index is 1.93. The molecule has 0 aliphatic carbocycles. The molecule has 0 N–H and O–H groups in total. The molecule has 0 radical (unpaired) electrons. The van der Waals surface area contributed by atoms with Crippen LogP contribution in [0.4, 0.5) is 4.79 Å². The Bertz CT molecular complexity index is 533. The van der Waals surface area contributed by atoms with E-state index in [0.717, 1.165) is 24.6 Å². The van der Waals surface area contributed by atoms with E-state index in [1.807, 2.05) is 34.0 Å². The van der Waals surface area contributed by atoms with Gasteiger partial charge in [-0.1, -0.05) is 0 Å². The van der Waals surface area contributed by atoms with E-state index < -0.39 is 5.60 Å². The third-order valence-electron chi connectivity index (χ3n) is 4.08. The molecular weight excluding hydrogens is 280 g/mol. The van der Waals surface area contributed by atoms with Crippen LogP contribution in [-0.2, 0) is 18.3 Å². The third-order valence-corrected chi connectivity index (χ3v) is 4.08. The fourth-order valence-electron chi connectivity index (χ4n) is 2.60. The van der Waals surface area contributed by atoms with Gasteiger partial charge in [0.1, 0.15) is 11.4 Å². The standard InChI is InChI=1S/C16H28N4O2/c1-12-9-17-14(18(12)6)11-19-7-8-20(10-13(19)2)15(21)22-16(3,4)5/h9,13H,7-8,10-11H2,1-6H3/t13-/m0/s1. The maximum atomic E-state index is 12.2. The number of amides is 1. The van der Waals surface area contributed by atoms with Gasteiger partial charge in [0.15, 0.2) is 0 Å². The minimum atomic E-state index is -0.443. The lowest BCUT2D eigenvalue weighted by Gasteiger charge is -2.39. The molecule has 1 aromatic heterocycles. The monoisotopic (exact) mass is 308 g/mol. The molecule has 1 aliphatic rings. The van der Waals surface area contributed by atoms with E-state index in [4.69, 9.17) is 4.74 Å². The summed E-state index contributed by atoms with van der Waals surface area (Å²) in [6, 6.07) is 0.290. The Morgan fingerprint density at radius 1 is 1.41 bits per heavy atom. The molecule has 124 valence electrons. The summed E-state index contributed by atoms with van der Waals surface area (Å²) in [5.41, 5.74) is 0.720. The smallest absolute Gasteiger partial charge is 0.410 e. The third kappa shape index (κ3) is 4.00. The first-order valence-corrected chi connectivity index (χ1v) is 7.86. The van der Waals surface area contributed by atoms with Crippen molar-refractivity contribution in [3.8, 4) is 0 Å². The first-order valence-electron chi connectivity index (χ1n) is 7.86. The topological polar surface area (TPSA) is 50.6 Å². The number of imidazole rings is 1. The molecule has 6 heteroatoms. The first-order chi connectivity index (χ1) is 10.2. The summed E-state index contributed by atoms with van der Waals surface area (Å²) in [5.74, 6) is 1.06. The molecular formula is C16H28N4O2. The second-order valence-electron chi connectivity index (χ2n) is 7.12. The van der Waals surface area contributed by atoms with Crippen LogP contribution in [0.3, 0.4) is 0 Å². The fourth-order valence-corrected chi connectivity index (χ4v) is 2.60. The van der Waals surface area contributed by atoms with E-state index in [2.05, 4.69) is 28.3 Å². The summed E-state index contributed by atoms with van der Waals surface area (Å²) in [6.45, 7) is 12.9. The van der Waals surface area contributed by atoms with Gasteiger partial charge >= 0.3 is 6.09 Å². The minimum absolute atomic E-state index is 0.216. The van der Waals surface area contributed by atoms with E-state index in [1.165, 1.54) is 0 Å². The van der Waals surface area contributed by atoms with Gasteiger partial charge in [-0.2, -0.15) is 0 Å². The number of carbonyl (C=O) groups is 1. The molecule has 2 rings (SSSR count). The highest BCUT2D eigenvalue weighted by Crippen LogP contribution is 2.16. The van der Waals surface area contributed by atoms with Crippen LogP contribution < -0.4 is 0 Å². The predicted octanol–water partition coefficient (Wildman–Crippen LogP) is 2.17. The molecule has 1 saturated heterocycles. The number of carbonyl (C=O) groups excluding carboxylic acids is 1. The molecule has 1 aromatic rings. The number of ether oxygens (including phenoxy) is 1. The zero-order valence-corrected chi connectivity index (χ0v) is 14.6. The van der Waals surface area contributed by atoms with Gasteiger partial charge in [0.2, 0.25) is 0 Å². The maximum absolute atomic E-state index is 12.2. The van der Waals surface area contributed by atoms with E-state index in [0.29, 0.717) is 19.1 Å². The lowest BCUT2D eigenvalue weighted by atomic mass is 10.2. The summed E-state index contributed by atoms with van der Waals surface area (Å²) in [5, 5.41) is 0. The van der Waals surface area contributed by atoms with Gasteiger partial charge < -0.3 is 14.2 Å². The van der Waals surface area contributed by atoms with E-state index in [-0.39, 0.29) is 6.09 Å². The number of aryl methyl sites for hydroxylation is 1. The minimum Gasteiger partial charge on any atom is -0.444 e. The van der Waals surface area contributed by atoms with Crippen molar-refractivity contribution in [3.63, 3.8) is 0 Å². The van der Waals surface area contributed by atoms with Crippen LogP contribution in [0.5, 0.6) is 0 Å². The summed E-state index contributed by atoms with van der Waals surface area (Å²) >= 11 is 0. The van der Waals surface area contributed by atoms with Gasteiger partial charge in [0, 0.05) is 44.6 Å². The summed E-state index contributed by atoms with van der Waals surface area (Å²) in [7, 11) is 2.04. The fraction of sp³-hybridized carbons (Fsp3) is 0.750. The normalized spacial score (nSPS) is 20.3. The number of hydrogen-bond donors (Lipinski definition) is 0. The number of hydrogen-bond acceptors (Lipinski definition) is 4. The molecule has 1 atom stereocenters. The summed E-state index contributed by atoms with van der Waals surface area (Å²) in [6.07, 6.45) is 1.68. The lowest BCUT2D eigenvalue weighted by Crippen LogP contribution is -2.54. The largest absolute Gasteiger partial charge is 0.444 e. The SMILES string of the molecule is Cc1cnc(CN2CCN(C(=O)OC(C)(C)C)C[C@@H]2C)n1C. The molecule has 0 spiro atoms. The number of piperazine rings is 1. The maximum Gasteiger partial charge on any atom is 0.410 e. The van der Waals surface area contributed by atoms with Crippen molar-refractivity contribution in [1.82, 2.24) is 19.4 Å². The molecule has 1 aliphatic heterocycles. The molecule has 22 heavy (non-hydrogen) atoms. The first kappa shape index (κ1) is 16.8. The average molecular weight is 308 g/mol. The van der Waals surface area contributed by atoms with Crippen molar-refractivity contribution in [2.45, 2.75) is 52.8 Å². The Kier molecular flexibility index (Phi) is 4.80. The molecule has 2 heterocycles. The van der Waals surface area contributed by atoms with Crippen molar-refractivity contribution >= 4 is 6.09 Å². The van der Waals surface area contributed by atoms with Crippen molar-refractivity contribution in [2.75, 3.05) is 19.6 Å². The van der Waals surface area contributed by atoms with Crippen molar-refractivity contribution in [2.24, 2.45) is 7.05 Å². The van der Waals surface area contributed by atoms with E-state index in [9.17, 15) is 4.79 Å². The van der Waals surface area contributed by atoms with E-state index >= 15 is 0 Å². The van der Waals surface area contributed by atoms with Crippen molar-refractivity contribution in [1.29, 1.82) is 0 Å². The van der Waals surface area contributed by atoms with Crippen LogP contribution in [-0.4, -0.2) is 56.7 Å². The molecule has 0 unspecified atom stereocenters. The van der Waals surface area contributed by atoms with Crippen LogP contribution in [0.2, 0.25) is 0 Å². The van der Waals surface area contributed by atoms with Crippen LogP contribution in [0.25, 0.3) is 0 Å². The lowest BCUT2D eigenvalue weighted by molar-refractivity contribution is 0.00415. The highest BCUT2D eigenvalue weighted by molar-refractivity contribution is 5.68. The van der Waals surface area contributed by atoms with Gasteiger partial charge in [0.25, 0.3) is 0 Å². The second-order valence-corrected chi connectivity index (χ2v) is 7.12. The summed E-state index contributed by atoms with van der Waals surface area (Å²) in [4.78, 5) is 20.8. The van der Waals surface area contributed by atoms with Crippen LogP contribution in [0.15, 0.2) is 6.20 Å². The predicted molar refractivity (Wildman–Crippen MR) is 85.6 cm³/mol. The Morgan fingerprint density at radius 3 is 2.59 bits per heavy atom. The van der Waals surface area contributed by atoms with Gasteiger partial charge in [-0.3, -0.25) is 4.90 Å². The van der Waals surface area contributed by atoms with Gasteiger partial charge in [0.05, 0.1) is 6.54 Å². The van der Waals surface area contributed by atoms with Crippen molar-refractivity contribution < 1.29 is 9.53 Å². The van der Waals surface area contributed by atoms with Gasteiger partial charge in [-0.05, 0) is 34.6 Å². The second kappa shape index (κ2) is 6.28. The molecule has 0 aromatic carbocycles. The molecule has 0 saturated carbocycles. The van der Waals surface area contributed by atoms with Crippen molar-refractivity contribution in [3.05, 3.63) is 17.7 Å². The molecule has 1 amide bonds. The van der Waals surface area contributed by atoms with Crippen LogP contribution in [0.1, 0.15) is 39.2 Å². The summed E-state index contributed by atoms with van der Waals surface area (Å²) < 4.78 is 7.57. The van der Waals surface area contributed by atoms with Gasteiger partial charge in [-0.15, -0.1) is 0 Å². The Hall–Kier alpha value is -1.56. The quantitative estimate of drug-likeness (QED) is 0.840. The number of rotatable bonds is 2. The highest BCUT2D eigenvalue weighted by atomic mass is 16.6. The Morgan fingerprint density at radius 2 is 2.09 bits per heavy atom. The van der Waals surface area contributed by atoms with E-state index in [1.54, 1.807) is 4.90 Å². The average Bonchev–Trinajstić information content (AvgIpc) is 2.71. The molecule has 0 bridgehead atoms. The Labute approximate surface area is 133 Å². The highest BCUT2D eigenvalue weighted by Gasteiger charge is 2.30. The number of nitrogens with zero attached hydrogens (tertiary/aromatic N) is 4. The zero-order chi connectivity index (χ0) is 16.5. The van der Waals surface area contributed by atoms with Crippen LogP contribution >= 0.6 is 0 Å².